The topological polar surface area (TPSA) is 77.9 Å². The first-order valence-electron chi connectivity index (χ1n) is 14.2. The third-order valence-corrected chi connectivity index (χ3v) is 9.21. The van der Waals surface area contributed by atoms with Gasteiger partial charge in [0.1, 0.15) is 17.1 Å². The Morgan fingerprint density at radius 2 is 1.64 bits per heavy atom. The van der Waals surface area contributed by atoms with E-state index in [-0.39, 0.29) is 17.6 Å². The van der Waals surface area contributed by atoms with Crippen LogP contribution in [-0.2, 0) is 10.3 Å². The molecule has 1 spiro atoms. The minimum atomic E-state index is -1.34. The van der Waals surface area contributed by atoms with E-state index in [0.717, 1.165) is 12.0 Å². The SMILES string of the molecule is Cc1cccc(C(=O)N2C(=O)[C@]3(c4ccccc42)[C@@H](c2ccc(F)cc2)[C@H](C(=O)c2ccc(O)cc2)[C@@H]2CCCN23)c1. The van der Waals surface area contributed by atoms with Crippen LogP contribution in [0, 0.1) is 18.7 Å². The molecule has 2 fully saturated rings. The molecule has 0 saturated carbocycles. The van der Waals surface area contributed by atoms with Crippen molar-refractivity contribution in [2.75, 3.05) is 11.4 Å². The number of Topliss-reactive ketones (excluding diaryl/α,β-unsaturated/α-hetero) is 1. The highest BCUT2D eigenvalue weighted by Gasteiger charge is 2.70. The van der Waals surface area contributed by atoms with Crippen molar-refractivity contribution in [1.29, 1.82) is 0 Å². The van der Waals surface area contributed by atoms with Gasteiger partial charge in [-0.1, -0.05) is 48.0 Å². The summed E-state index contributed by atoms with van der Waals surface area (Å²) in [5.74, 6) is -2.65. The standard InChI is InChI=1S/C35H29FN2O4/c1-21-6-4-7-24(20-21)33(41)38-28-9-3-2-8-27(28)35(34(38)42)31(22-11-15-25(36)16-12-22)30(29-10-5-19-37(29)35)32(40)23-13-17-26(39)18-14-23/h2-4,6-9,11-18,20,29-31,39H,5,10,19H2,1H3/t29-,30+,31-,35-/m0/s1. The normalized spacial score (nSPS) is 24.7. The van der Waals surface area contributed by atoms with Crippen molar-refractivity contribution in [2.24, 2.45) is 5.92 Å². The molecule has 6 nitrogen and oxygen atoms in total. The molecule has 0 unspecified atom stereocenters. The van der Waals surface area contributed by atoms with Gasteiger partial charge in [0.2, 0.25) is 0 Å². The van der Waals surface area contributed by atoms with E-state index < -0.39 is 35.0 Å². The molecule has 210 valence electrons. The lowest BCUT2D eigenvalue weighted by Gasteiger charge is -2.38. The van der Waals surface area contributed by atoms with Gasteiger partial charge < -0.3 is 5.11 Å². The van der Waals surface area contributed by atoms with E-state index >= 15 is 4.79 Å². The minimum absolute atomic E-state index is 0.0530. The maximum Gasteiger partial charge on any atom is 0.265 e. The molecule has 0 aromatic heterocycles. The molecule has 0 bridgehead atoms. The number of fused-ring (bicyclic) bond motifs is 4. The number of hydrogen-bond acceptors (Lipinski definition) is 5. The second-order valence-corrected chi connectivity index (χ2v) is 11.5. The number of amides is 2. The zero-order chi connectivity index (χ0) is 29.2. The number of nitrogens with zero attached hydrogens (tertiary/aromatic N) is 2. The van der Waals surface area contributed by atoms with Crippen LogP contribution in [0.2, 0.25) is 0 Å². The van der Waals surface area contributed by atoms with E-state index in [9.17, 15) is 19.1 Å². The summed E-state index contributed by atoms with van der Waals surface area (Å²) in [6.07, 6.45) is 1.50. The van der Waals surface area contributed by atoms with E-state index in [1.807, 2.05) is 31.2 Å². The molecule has 0 aliphatic carbocycles. The number of imide groups is 1. The zero-order valence-electron chi connectivity index (χ0n) is 23.0. The van der Waals surface area contributed by atoms with Gasteiger partial charge >= 0.3 is 0 Å². The maximum absolute atomic E-state index is 15.1. The Kier molecular flexibility index (Phi) is 6.10. The summed E-state index contributed by atoms with van der Waals surface area (Å²) >= 11 is 0. The van der Waals surface area contributed by atoms with Crippen LogP contribution in [-0.4, -0.2) is 40.2 Å². The quantitative estimate of drug-likeness (QED) is 0.245. The molecule has 3 heterocycles. The molecule has 4 atom stereocenters. The van der Waals surface area contributed by atoms with Crippen molar-refractivity contribution in [3.05, 3.63) is 131 Å². The molecule has 2 saturated heterocycles. The summed E-state index contributed by atoms with van der Waals surface area (Å²) < 4.78 is 14.2. The molecule has 4 aromatic carbocycles. The number of para-hydroxylation sites is 1. The molecule has 42 heavy (non-hydrogen) atoms. The van der Waals surface area contributed by atoms with E-state index in [0.29, 0.717) is 40.9 Å². The minimum Gasteiger partial charge on any atom is -0.508 e. The average molecular weight is 561 g/mol. The largest absolute Gasteiger partial charge is 0.508 e. The van der Waals surface area contributed by atoms with Gasteiger partial charge in [-0.2, -0.15) is 0 Å². The first-order chi connectivity index (χ1) is 20.3. The molecule has 7 rings (SSSR count). The first-order valence-corrected chi connectivity index (χ1v) is 14.2. The van der Waals surface area contributed by atoms with Gasteiger partial charge in [0.25, 0.3) is 11.8 Å². The smallest absolute Gasteiger partial charge is 0.265 e. The summed E-state index contributed by atoms with van der Waals surface area (Å²) in [6.45, 7) is 2.47. The molecule has 3 aliphatic rings. The number of ketones is 1. The second kappa shape index (κ2) is 9.74. The van der Waals surface area contributed by atoms with Crippen LogP contribution in [0.3, 0.4) is 0 Å². The summed E-state index contributed by atoms with van der Waals surface area (Å²) in [5.41, 5.74) is 2.24. The number of halogens is 1. The van der Waals surface area contributed by atoms with Gasteiger partial charge in [0.15, 0.2) is 5.78 Å². The number of rotatable bonds is 4. The predicted molar refractivity (Wildman–Crippen MR) is 156 cm³/mol. The molecule has 7 heteroatoms. The molecular formula is C35H29FN2O4. The highest BCUT2D eigenvalue weighted by atomic mass is 19.1. The van der Waals surface area contributed by atoms with Crippen LogP contribution in [0.5, 0.6) is 5.75 Å². The fourth-order valence-corrected chi connectivity index (χ4v) is 7.60. The van der Waals surface area contributed by atoms with Gasteiger partial charge in [-0.15, -0.1) is 0 Å². The lowest BCUT2D eigenvalue weighted by atomic mass is 9.68. The van der Waals surface area contributed by atoms with Gasteiger partial charge in [0.05, 0.1) is 5.69 Å². The van der Waals surface area contributed by atoms with E-state index in [1.54, 1.807) is 48.5 Å². The number of aromatic hydroxyl groups is 1. The maximum atomic E-state index is 15.1. The number of aryl methyl sites for hydroxylation is 1. The highest BCUT2D eigenvalue weighted by Crippen LogP contribution is 2.63. The van der Waals surface area contributed by atoms with Gasteiger partial charge in [-0.25, -0.2) is 9.29 Å². The van der Waals surface area contributed by atoms with Gasteiger partial charge in [0, 0.05) is 34.6 Å². The van der Waals surface area contributed by atoms with Crippen molar-refractivity contribution in [3.63, 3.8) is 0 Å². The first kappa shape index (κ1) is 26.3. The lowest BCUT2D eigenvalue weighted by molar-refractivity contribution is -0.128. The summed E-state index contributed by atoms with van der Waals surface area (Å²) in [5, 5.41) is 9.88. The lowest BCUT2D eigenvalue weighted by Crippen LogP contribution is -2.53. The second-order valence-electron chi connectivity index (χ2n) is 11.5. The van der Waals surface area contributed by atoms with Crippen molar-refractivity contribution < 1.29 is 23.9 Å². The summed E-state index contributed by atoms with van der Waals surface area (Å²) in [7, 11) is 0. The third kappa shape index (κ3) is 3.70. The Labute approximate surface area is 243 Å². The summed E-state index contributed by atoms with van der Waals surface area (Å²) in [4.78, 5) is 47.0. The Balaban J connectivity index is 1.46. The van der Waals surface area contributed by atoms with Crippen molar-refractivity contribution >= 4 is 23.3 Å². The van der Waals surface area contributed by atoms with Crippen LogP contribution in [0.15, 0.2) is 97.1 Å². The van der Waals surface area contributed by atoms with Crippen molar-refractivity contribution in [3.8, 4) is 5.75 Å². The number of phenolic OH excluding ortho intramolecular Hbond substituents is 1. The van der Waals surface area contributed by atoms with Crippen molar-refractivity contribution in [2.45, 2.75) is 37.3 Å². The Morgan fingerprint density at radius 3 is 2.38 bits per heavy atom. The van der Waals surface area contributed by atoms with Gasteiger partial charge in [-0.05, 0) is 86.5 Å². The number of phenols is 1. The molecule has 0 radical (unpaired) electrons. The summed E-state index contributed by atoms with van der Waals surface area (Å²) in [6, 6.07) is 26.4. The Hall–Kier alpha value is -4.62. The monoisotopic (exact) mass is 560 g/mol. The van der Waals surface area contributed by atoms with Gasteiger partial charge in [-0.3, -0.25) is 19.3 Å². The number of anilines is 1. The third-order valence-electron chi connectivity index (χ3n) is 9.21. The molecule has 4 aromatic rings. The van der Waals surface area contributed by atoms with E-state index in [4.69, 9.17) is 0 Å². The fourth-order valence-electron chi connectivity index (χ4n) is 7.60. The number of hydrogen-bond donors (Lipinski definition) is 1. The Bertz CT molecular complexity index is 1730. The molecular weight excluding hydrogens is 531 g/mol. The van der Waals surface area contributed by atoms with Crippen LogP contribution >= 0.6 is 0 Å². The van der Waals surface area contributed by atoms with Crippen LogP contribution in [0.25, 0.3) is 0 Å². The Morgan fingerprint density at radius 1 is 0.905 bits per heavy atom. The van der Waals surface area contributed by atoms with Crippen molar-refractivity contribution in [1.82, 2.24) is 4.90 Å². The molecule has 3 aliphatic heterocycles. The van der Waals surface area contributed by atoms with Crippen LogP contribution < -0.4 is 4.90 Å². The average Bonchev–Trinajstić information content (AvgIpc) is 3.65. The molecule has 1 N–H and O–H groups in total. The number of benzene rings is 4. The zero-order valence-corrected chi connectivity index (χ0v) is 23.0. The van der Waals surface area contributed by atoms with E-state index in [2.05, 4.69) is 4.90 Å². The molecule has 2 amide bonds. The number of carbonyl (C=O) groups excluding carboxylic acids is 3. The highest BCUT2D eigenvalue weighted by molar-refractivity contribution is 6.27. The fraction of sp³-hybridized carbons (Fsp3) is 0.229. The predicted octanol–water partition coefficient (Wildman–Crippen LogP) is 5.98. The van der Waals surface area contributed by atoms with Crippen LogP contribution in [0.1, 0.15) is 56.2 Å². The number of carbonyl (C=O) groups is 3. The van der Waals surface area contributed by atoms with E-state index in [1.165, 1.54) is 29.2 Å². The van der Waals surface area contributed by atoms with Crippen LogP contribution in [0.4, 0.5) is 10.1 Å².